The van der Waals surface area contributed by atoms with Crippen LogP contribution in [0.15, 0.2) is 46.1 Å². The molecule has 1 aromatic heterocycles. The van der Waals surface area contributed by atoms with E-state index in [2.05, 4.69) is 10.3 Å². The summed E-state index contributed by atoms with van der Waals surface area (Å²) in [4.78, 5) is 0. The highest BCUT2D eigenvalue weighted by molar-refractivity contribution is 5.96. The second-order valence-corrected chi connectivity index (χ2v) is 3.13. The molecule has 2 aromatic rings. The first-order valence-corrected chi connectivity index (χ1v) is 4.52. The third-order valence-electron chi connectivity index (χ3n) is 2.09. The standard InChI is InChI=1S/C11H10N2O2/c1-8(12-14)11-7-10(13-15-11)9-5-3-2-4-6-9/h2-7,14H,1H3/b12-8+. The minimum atomic E-state index is 0.407. The van der Waals surface area contributed by atoms with Crippen LogP contribution in [0, 0.1) is 0 Å². The first-order valence-electron chi connectivity index (χ1n) is 4.52. The summed E-state index contributed by atoms with van der Waals surface area (Å²) in [6.07, 6.45) is 0. The topological polar surface area (TPSA) is 58.6 Å². The molecule has 0 fully saturated rings. The molecule has 0 aliphatic heterocycles. The summed E-state index contributed by atoms with van der Waals surface area (Å²) in [5.41, 5.74) is 2.11. The smallest absolute Gasteiger partial charge is 0.184 e. The summed E-state index contributed by atoms with van der Waals surface area (Å²) in [6, 6.07) is 11.4. The first-order chi connectivity index (χ1) is 7.31. The van der Waals surface area contributed by atoms with Crippen LogP contribution in [0.3, 0.4) is 0 Å². The monoisotopic (exact) mass is 202 g/mol. The van der Waals surface area contributed by atoms with Gasteiger partial charge in [0.1, 0.15) is 11.4 Å². The molecule has 4 nitrogen and oxygen atoms in total. The van der Waals surface area contributed by atoms with Gasteiger partial charge in [-0.25, -0.2) is 0 Å². The van der Waals surface area contributed by atoms with E-state index in [1.54, 1.807) is 13.0 Å². The Hall–Kier alpha value is -2.10. The second kappa shape index (κ2) is 3.96. The quantitative estimate of drug-likeness (QED) is 0.462. The van der Waals surface area contributed by atoms with Gasteiger partial charge >= 0.3 is 0 Å². The Morgan fingerprint density at radius 1 is 1.33 bits per heavy atom. The van der Waals surface area contributed by atoms with Gasteiger partial charge in [-0.1, -0.05) is 40.6 Å². The highest BCUT2D eigenvalue weighted by Gasteiger charge is 2.08. The molecule has 0 aliphatic carbocycles. The molecule has 15 heavy (non-hydrogen) atoms. The maximum atomic E-state index is 8.57. The number of benzene rings is 1. The maximum Gasteiger partial charge on any atom is 0.184 e. The summed E-state index contributed by atoms with van der Waals surface area (Å²) in [7, 11) is 0. The molecule has 0 bridgehead atoms. The van der Waals surface area contributed by atoms with Crippen LogP contribution in [0.2, 0.25) is 0 Å². The highest BCUT2D eigenvalue weighted by atomic mass is 16.5. The lowest BCUT2D eigenvalue weighted by molar-refractivity contribution is 0.316. The lowest BCUT2D eigenvalue weighted by atomic mass is 10.1. The first kappa shape index (κ1) is 9.45. The van der Waals surface area contributed by atoms with Crippen molar-refractivity contribution in [2.75, 3.05) is 0 Å². The molecule has 0 saturated heterocycles. The van der Waals surface area contributed by atoms with Crippen molar-refractivity contribution in [3.05, 3.63) is 42.2 Å². The lowest BCUT2D eigenvalue weighted by Gasteiger charge is -1.91. The third kappa shape index (κ3) is 1.88. The van der Waals surface area contributed by atoms with Crippen LogP contribution in [0.4, 0.5) is 0 Å². The Morgan fingerprint density at radius 3 is 2.73 bits per heavy atom. The van der Waals surface area contributed by atoms with E-state index in [0.29, 0.717) is 11.5 Å². The van der Waals surface area contributed by atoms with E-state index < -0.39 is 0 Å². The number of hydrogen-bond acceptors (Lipinski definition) is 4. The van der Waals surface area contributed by atoms with Gasteiger partial charge in [-0.2, -0.15) is 0 Å². The Kier molecular flexibility index (Phi) is 2.49. The number of oxime groups is 1. The molecule has 0 aliphatic rings. The van der Waals surface area contributed by atoms with Crippen molar-refractivity contribution >= 4 is 5.71 Å². The van der Waals surface area contributed by atoms with E-state index in [4.69, 9.17) is 9.73 Å². The average molecular weight is 202 g/mol. The summed E-state index contributed by atoms with van der Waals surface area (Å²) in [5.74, 6) is 0.469. The number of hydrogen-bond donors (Lipinski definition) is 1. The largest absolute Gasteiger partial charge is 0.411 e. The van der Waals surface area contributed by atoms with E-state index in [0.717, 1.165) is 11.3 Å². The zero-order chi connectivity index (χ0) is 10.7. The second-order valence-electron chi connectivity index (χ2n) is 3.13. The number of aromatic nitrogens is 1. The normalized spacial score (nSPS) is 11.7. The zero-order valence-corrected chi connectivity index (χ0v) is 8.21. The highest BCUT2D eigenvalue weighted by Crippen LogP contribution is 2.18. The Bertz CT molecular complexity index is 474. The molecule has 76 valence electrons. The molecule has 0 unspecified atom stereocenters. The van der Waals surface area contributed by atoms with Crippen LogP contribution in [-0.4, -0.2) is 16.1 Å². The van der Waals surface area contributed by atoms with Crippen molar-refractivity contribution < 1.29 is 9.73 Å². The van der Waals surface area contributed by atoms with Crippen LogP contribution in [0.1, 0.15) is 12.7 Å². The third-order valence-corrected chi connectivity index (χ3v) is 2.09. The molecule has 0 saturated carbocycles. The van der Waals surface area contributed by atoms with Crippen LogP contribution >= 0.6 is 0 Å². The van der Waals surface area contributed by atoms with Crippen molar-refractivity contribution in [3.63, 3.8) is 0 Å². The van der Waals surface area contributed by atoms with Gasteiger partial charge in [0, 0.05) is 11.6 Å². The zero-order valence-electron chi connectivity index (χ0n) is 8.21. The van der Waals surface area contributed by atoms with E-state index in [1.807, 2.05) is 30.3 Å². The van der Waals surface area contributed by atoms with Crippen LogP contribution in [-0.2, 0) is 0 Å². The number of nitrogens with zero attached hydrogens (tertiary/aromatic N) is 2. The Labute approximate surface area is 86.8 Å². The van der Waals surface area contributed by atoms with Gasteiger partial charge < -0.3 is 9.73 Å². The average Bonchev–Trinajstić information content (AvgIpc) is 2.78. The summed E-state index contributed by atoms with van der Waals surface area (Å²) in [5, 5.41) is 15.5. The van der Waals surface area contributed by atoms with Crippen molar-refractivity contribution in [1.29, 1.82) is 0 Å². The predicted molar refractivity (Wildman–Crippen MR) is 55.9 cm³/mol. The summed E-state index contributed by atoms with van der Waals surface area (Å²) >= 11 is 0. The molecular formula is C11H10N2O2. The van der Waals surface area contributed by atoms with Gasteiger partial charge in [-0.15, -0.1) is 0 Å². The van der Waals surface area contributed by atoms with E-state index in [1.165, 1.54) is 0 Å². The minimum absolute atomic E-state index is 0.407. The molecule has 0 amide bonds. The molecule has 4 heteroatoms. The molecule has 1 N–H and O–H groups in total. The van der Waals surface area contributed by atoms with Gasteiger partial charge in [0.2, 0.25) is 0 Å². The molecule has 0 radical (unpaired) electrons. The summed E-state index contributed by atoms with van der Waals surface area (Å²) in [6.45, 7) is 1.65. The fourth-order valence-corrected chi connectivity index (χ4v) is 1.24. The van der Waals surface area contributed by atoms with Crippen LogP contribution in [0.25, 0.3) is 11.3 Å². The van der Waals surface area contributed by atoms with Crippen molar-refractivity contribution in [2.45, 2.75) is 6.92 Å². The molecule has 0 spiro atoms. The fraction of sp³-hybridized carbons (Fsp3) is 0.0909. The Morgan fingerprint density at radius 2 is 2.07 bits per heavy atom. The van der Waals surface area contributed by atoms with Gasteiger partial charge in [0.25, 0.3) is 0 Å². The van der Waals surface area contributed by atoms with Crippen molar-refractivity contribution in [2.24, 2.45) is 5.16 Å². The lowest BCUT2D eigenvalue weighted by Crippen LogP contribution is -1.89. The van der Waals surface area contributed by atoms with Gasteiger partial charge in [0.05, 0.1) is 0 Å². The fourth-order valence-electron chi connectivity index (χ4n) is 1.24. The summed E-state index contributed by atoms with van der Waals surface area (Å²) < 4.78 is 5.03. The maximum absolute atomic E-state index is 8.57. The van der Waals surface area contributed by atoms with Gasteiger partial charge in [-0.3, -0.25) is 0 Å². The van der Waals surface area contributed by atoms with Gasteiger partial charge in [0.15, 0.2) is 5.76 Å². The van der Waals surface area contributed by atoms with E-state index in [9.17, 15) is 0 Å². The molecule has 1 heterocycles. The van der Waals surface area contributed by atoms with Crippen LogP contribution in [0.5, 0.6) is 0 Å². The molecular weight excluding hydrogens is 192 g/mol. The van der Waals surface area contributed by atoms with Crippen molar-refractivity contribution in [3.8, 4) is 11.3 Å². The van der Waals surface area contributed by atoms with E-state index in [-0.39, 0.29) is 0 Å². The van der Waals surface area contributed by atoms with Gasteiger partial charge in [-0.05, 0) is 6.92 Å². The van der Waals surface area contributed by atoms with E-state index >= 15 is 0 Å². The van der Waals surface area contributed by atoms with Crippen molar-refractivity contribution in [1.82, 2.24) is 5.16 Å². The number of rotatable bonds is 2. The molecule has 1 aromatic carbocycles. The molecule has 0 atom stereocenters. The minimum Gasteiger partial charge on any atom is -0.411 e. The predicted octanol–water partition coefficient (Wildman–Crippen LogP) is 2.54. The SMILES string of the molecule is C/C(=N\O)c1cc(-c2ccccc2)no1. The Balaban J connectivity index is 2.36. The molecule has 2 rings (SSSR count). The van der Waals surface area contributed by atoms with Crippen LogP contribution < -0.4 is 0 Å².